The Morgan fingerprint density at radius 3 is 2.79 bits per heavy atom. The molecule has 98 valence electrons. The second-order valence-corrected chi connectivity index (χ2v) is 4.28. The molecule has 0 radical (unpaired) electrons. The van der Waals surface area contributed by atoms with E-state index in [0.29, 0.717) is 18.5 Å². The van der Waals surface area contributed by atoms with Gasteiger partial charge in [0.15, 0.2) is 0 Å². The first-order chi connectivity index (χ1) is 9.20. The zero-order chi connectivity index (χ0) is 13.8. The molecule has 19 heavy (non-hydrogen) atoms. The number of nitrogens with zero attached hydrogens (tertiary/aromatic N) is 2. The van der Waals surface area contributed by atoms with Gasteiger partial charge < -0.3 is 15.4 Å². The Balaban J connectivity index is 2.72. The van der Waals surface area contributed by atoms with Crippen LogP contribution < -0.4 is 5.73 Å². The van der Waals surface area contributed by atoms with Crippen LogP contribution in [0, 0.1) is 11.3 Å². The molecule has 2 rings (SSSR count). The minimum atomic E-state index is -0.542. The molecule has 0 bridgehead atoms. The smallest absolute Gasteiger partial charge is 0.265 e. The zero-order valence-electron chi connectivity index (χ0n) is 10.5. The van der Waals surface area contributed by atoms with Crippen molar-refractivity contribution < 1.29 is 9.90 Å². The van der Waals surface area contributed by atoms with E-state index in [0.717, 1.165) is 16.5 Å². The number of hydrogen-bond acceptors (Lipinski definition) is 3. The maximum atomic E-state index is 11.7. The van der Waals surface area contributed by atoms with E-state index in [4.69, 9.17) is 16.1 Å². The van der Waals surface area contributed by atoms with Gasteiger partial charge in [-0.3, -0.25) is 4.79 Å². The van der Waals surface area contributed by atoms with E-state index >= 15 is 0 Å². The minimum absolute atomic E-state index is 0.0515. The van der Waals surface area contributed by atoms with E-state index in [1.807, 2.05) is 30.3 Å². The van der Waals surface area contributed by atoms with Crippen LogP contribution in [0.1, 0.15) is 22.5 Å². The van der Waals surface area contributed by atoms with Crippen LogP contribution in [0.3, 0.4) is 0 Å². The highest BCUT2D eigenvalue weighted by Gasteiger charge is 2.19. The van der Waals surface area contributed by atoms with Gasteiger partial charge in [0.1, 0.15) is 12.2 Å². The SMILES string of the molecule is N#CCn1c(C(N)=O)c(CCCO)c2ccccc21. The number of aliphatic hydroxyl groups is 1. The molecule has 0 unspecified atom stereocenters. The van der Waals surface area contributed by atoms with Crippen molar-refractivity contribution in [3.8, 4) is 6.07 Å². The highest BCUT2D eigenvalue weighted by atomic mass is 16.2. The molecular formula is C14H15N3O2. The first-order valence-electron chi connectivity index (χ1n) is 6.08. The third-order valence-corrected chi connectivity index (χ3v) is 3.12. The second-order valence-electron chi connectivity index (χ2n) is 4.28. The van der Waals surface area contributed by atoms with Crippen LogP contribution in [-0.2, 0) is 13.0 Å². The van der Waals surface area contributed by atoms with E-state index in [1.165, 1.54) is 0 Å². The van der Waals surface area contributed by atoms with E-state index in [2.05, 4.69) is 0 Å². The van der Waals surface area contributed by atoms with Crippen molar-refractivity contribution in [2.24, 2.45) is 5.73 Å². The first kappa shape index (κ1) is 13.1. The number of fused-ring (bicyclic) bond motifs is 1. The second kappa shape index (κ2) is 5.55. The Morgan fingerprint density at radius 1 is 1.42 bits per heavy atom. The lowest BCUT2D eigenvalue weighted by Crippen LogP contribution is -2.18. The summed E-state index contributed by atoms with van der Waals surface area (Å²) in [5, 5.41) is 18.8. The molecule has 5 heteroatoms. The number of hydrogen-bond donors (Lipinski definition) is 2. The number of nitriles is 1. The number of benzene rings is 1. The molecule has 0 aliphatic carbocycles. The van der Waals surface area contributed by atoms with Crippen molar-refractivity contribution in [3.05, 3.63) is 35.5 Å². The fourth-order valence-corrected chi connectivity index (χ4v) is 2.40. The summed E-state index contributed by atoms with van der Waals surface area (Å²) in [6.07, 6.45) is 1.12. The fraction of sp³-hybridized carbons (Fsp3) is 0.286. The van der Waals surface area contributed by atoms with Crippen LogP contribution in [0.25, 0.3) is 10.9 Å². The molecule has 0 saturated carbocycles. The average molecular weight is 257 g/mol. The molecule has 0 fully saturated rings. The van der Waals surface area contributed by atoms with E-state index in [1.54, 1.807) is 4.57 Å². The predicted molar refractivity (Wildman–Crippen MR) is 71.5 cm³/mol. The summed E-state index contributed by atoms with van der Waals surface area (Å²) in [4.78, 5) is 11.7. The normalized spacial score (nSPS) is 10.5. The minimum Gasteiger partial charge on any atom is -0.396 e. The van der Waals surface area contributed by atoms with Crippen molar-refractivity contribution in [2.75, 3.05) is 6.61 Å². The van der Waals surface area contributed by atoms with Gasteiger partial charge in [0.25, 0.3) is 5.91 Å². The number of amides is 1. The molecule has 5 nitrogen and oxygen atoms in total. The maximum absolute atomic E-state index is 11.7. The Hall–Kier alpha value is -2.32. The van der Waals surface area contributed by atoms with Gasteiger partial charge in [0, 0.05) is 17.5 Å². The van der Waals surface area contributed by atoms with Crippen LogP contribution >= 0.6 is 0 Å². The van der Waals surface area contributed by atoms with Gasteiger partial charge in [0.2, 0.25) is 0 Å². The Labute approximate surface area is 110 Å². The summed E-state index contributed by atoms with van der Waals surface area (Å²) >= 11 is 0. The van der Waals surface area contributed by atoms with E-state index in [9.17, 15) is 4.79 Å². The van der Waals surface area contributed by atoms with Crippen LogP contribution in [-0.4, -0.2) is 22.2 Å². The molecule has 1 aromatic carbocycles. The van der Waals surface area contributed by atoms with Gasteiger partial charge in [0.05, 0.1) is 6.07 Å². The summed E-state index contributed by atoms with van der Waals surface area (Å²) < 4.78 is 1.64. The summed E-state index contributed by atoms with van der Waals surface area (Å²) in [7, 11) is 0. The number of carbonyl (C=O) groups is 1. The zero-order valence-corrected chi connectivity index (χ0v) is 10.5. The molecule has 0 atom stereocenters. The number of aryl methyl sites for hydroxylation is 1. The van der Waals surface area contributed by atoms with E-state index < -0.39 is 5.91 Å². The van der Waals surface area contributed by atoms with Gasteiger partial charge in [-0.1, -0.05) is 18.2 Å². The molecule has 2 aromatic rings. The summed E-state index contributed by atoms with van der Waals surface area (Å²) in [5.41, 5.74) is 7.46. The van der Waals surface area contributed by atoms with Crippen LogP contribution in [0.15, 0.2) is 24.3 Å². The van der Waals surface area contributed by atoms with Crippen LogP contribution in [0.5, 0.6) is 0 Å². The Bertz CT molecular complexity index is 652. The lowest BCUT2D eigenvalue weighted by molar-refractivity contribution is 0.0991. The van der Waals surface area contributed by atoms with Gasteiger partial charge in [-0.05, 0) is 24.5 Å². The standard InChI is InChI=1S/C14H15N3O2/c15-7-8-17-12-6-2-1-4-10(12)11(5-3-9-18)13(17)14(16)19/h1-2,4,6,18H,3,5,8-9H2,(H2,16,19). The van der Waals surface area contributed by atoms with Gasteiger partial charge in [-0.25, -0.2) is 0 Å². The monoisotopic (exact) mass is 257 g/mol. The molecule has 0 saturated heterocycles. The van der Waals surface area contributed by atoms with Crippen LogP contribution in [0.2, 0.25) is 0 Å². The predicted octanol–water partition coefficient (Wildman–Crippen LogP) is 1.19. The van der Waals surface area contributed by atoms with Gasteiger partial charge in [-0.2, -0.15) is 5.26 Å². The number of aliphatic hydroxyl groups excluding tert-OH is 1. The lowest BCUT2D eigenvalue weighted by Gasteiger charge is -2.05. The van der Waals surface area contributed by atoms with Crippen molar-refractivity contribution in [1.82, 2.24) is 4.57 Å². The average Bonchev–Trinajstić information content (AvgIpc) is 2.71. The number of primary amides is 1. The molecule has 0 aliphatic rings. The lowest BCUT2D eigenvalue weighted by atomic mass is 10.1. The molecule has 1 amide bonds. The molecule has 1 heterocycles. The quantitative estimate of drug-likeness (QED) is 0.842. The molecular weight excluding hydrogens is 242 g/mol. The summed E-state index contributed by atoms with van der Waals surface area (Å²) in [6, 6.07) is 9.55. The van der Waals surface area contributed by atoms with Crippen molar-refractivity contribution >= 4 is 16.8 Å². The van der Waals surface area contributed by atoms with Crippen molar-refractivity contribution in [2.45, 2.75) is 19.4 Å². The number of para-hydroxylation sites is 1. The number of carbonyl (C=O) groups excluding carboxylic acids is 1. The molecule has 0 aliphatic heterocycles. The van der Waals surface area contributed by atoms with Crippen molar-refractivity contribution in [1.29, 1.82) is 5.26 Å². The van der Waals surface area contributed by atoms with Gasteiger partial charge in [-0.15, -0.1) is 0 Å². The molecule has 0 spiro atoms. The molecule has 3 N–H and O–H groups in total. The molecule has 1 aromatic heterocycles. The Kier molecular flexibility index (Phi) is 3.83. The van der Waals surface area contributed by atoms with Crippen LogP contribution in [0.4, 0.5) is 0 Å². The summed E-state index contributed by atoms with van der Waals surface area (Å²) in [6.45, 7) is 0.133. The first-order valence-corrected chi connectivity index (χ1v) is 6.08. The number of rotatable bonds is 5. The van der Waals surface area contributed by atoms with E-state index in [-0.39, 0.29) is 13.2 Å². The third-order valence-electron chi connectivity index (χ3n) is 3.12. The highest BCUT2D eigenvalue weighted by molar-refractivity contribution is 6.01. The topological polar surface area (TPSA) is 92.0 Å². The largest absolute Gasteiger partial charge is 0.396 e. The maximum Gasteiger partial charge on any atom is 0.265 e. The van der Waals surface area contributed by atoms with Crippen molar-refractivity contribution in [3.63, 3.8) is 0 Å². The van der Waals surface area contributed by atoms with Gasteiger partial charge >= 0.3 is 0 Å². The highest BCUT2D eigenvalue weighted by Crippen LogP contribution is 2.27. The number of nitrogens with two attached hydrogens (primary N) is 1. The summed E-state index contributed by atoms with van der Waals surface area (Å²) in [5.74, 6) is -0.542. The Morgan fingerprint density at radius 2 is 2.16 bits per heavy atom. The fourth-order valence-electron chi connectivity index (χ4n) is 2.40. The number of aromatic nitrogens is 1. The third kappa shape index (κ3) is 2.30.